The highest BCUT2D eigenvalue weighted by Crippen LogP contribution is 2.38. The van der Waals surface area contributed by atoms with Crippen LogP contribution < -0.4 is 10.5 Å². The number of nitrogens with zero attached hydrogens (tertiary/aromatic N) is 1. The van der Waals surface area contributed by atoms with Crippen molar-refractivity contribution in [3.8, 4) is 28.0 Å². The summed E-state index contributed by atoms with van der Waals surface area (Å²) in [5.74, 6) is -1.48. The van der Waals surface area contributed by atoms with Gasteiger partial charge in [-0.2, -0.15) is 0 Å². The number of nitrogens with two attached hydrogens (primary N) is 1. The zero-order chi connectivity index (χ0) is 19.1. The fourth-order valence-electron chi connectivity index (χ4n) is 3.08. The summed E-state index contributed by atoms with van der Waals surface area (Å²) >= 11 is 5.98. The molecule has 0 unspecified atom stereocenters. The van der Waals surface area contributed by atoms with E-state index in [0.717, 1.165) is 17.2 Å². The molecule has 3 N–H and O–H groups in total. The first-order chi connectivity index (χ1) is 13.0. The maximum atomic E-state index is 14.1. The quantitative estimate of drug-likeness (QED) is 0.463. The van der Waals surface area contributed by atoms with Gasteiger partial charge in [-0.3, -0.25) is 0 Å². The lowest BCUT2D eigenvalue weighted by Crippen LogP contribution is -1.94. The molecule has 0 amide bonds. The van der Waals surface area contributed by atoms with Crippen molar-refractivity contribution in [2.75, 3.05) is 12.8 Å². The predicted octanol–water partition coefficient (Wildman–Crippen LogP) is 5.42. The van der Waals surface area contributed by atoms with Gasteiger partial charge in [0.2, 0.25) is 0 Å². The summed E-state index contributed by atoms with van der Waals surface area (Å²) in [7, 11) is 1.34. The molecule has 0 fully saturated rings. The third-order valence-electron chi connectivity index (χ3n) is 4.36. The largest absolute Gasteiger partial charge is 0.493 e. The molecule has 4 nitrogen and oxygen atoms in total. The second-order valence-electron chi connectivity index (χ2n) is 6.03. The van der Waals surface area contributed by atoms with Crippen molar-refractivity contribution in [3.63, 3.8) is 0 Å². The van der Waals surface area contributed by atoms with Crippen LogP contribution in [0, 0.1) is 11.6 Å². The lowest BCUT2D eigenvalue weighted by atomic mass is 10.0. The normalized spacial score (nSPS) is 11.1. The number of ether oxygens (including phenoxy) is 1. The summed E-state index contributed by atoms with van der Waals surface area (Å²) in [5.41, 5.74) is 9.43. The molecule has 2 aromatic heterocycles. The van der Waals surface area contributed by atoms with Gasteiger partial charge in [-0.05, 0) is 29.8 Å². The van der Waals surface area contributed by atoms with E-state index in [-0.39, 0.29) is 5.75 Å². The van der Waals surface area contributed by atoms with E-state index in [4.69, 9.17) is 22.1 Å². The van der Waals surface area contributed by atoms with Gasteiger partial charge in [0.25, 0.3) is 0 Å². The maximum Gasteiger partial charge on any atom is 0.168 e. The van der Waals surface area contributed by atoms with E-state index in [2.05, 4.69) is 9.97 Å². The van der Waals surface area contributed by atoms with Crippen molar-refractivity contribution < 1.29 is 13.5 Å². The Labute approximate surface area is 158 Å². The predicted molar refractivity (Wildman–Crippen MR) is 103 cm³/mol. The Hall–Kier alpha value is -3.12. The molecule has 0 saturated heterocycles. The lowest BCUT2D eigenvalue weighted by Gasteiger charge is -2.10. The number of benzene rings is 2. The highest BCUT2D eigenvalue weighted by molar-refractivity contribution is 6.33. The molecule has 0 spiro atoms. The molecule has 0 radical (unpaired) electrons. The van der Waals surface area contributed by atoms with Gasteiger partial charge in [-0.1, -0.05) is 17.7 Å². The van der Waals surface area contributed by atoms with Gasteiger partial charge >= 0.3 is 0 Å². The summed E-state index contributed by atoms with van der Waals surface area (Å²) < 4.78 is 33.1. The van der Waals surface area contributed by atoms with Crippen LogP contribution in [0.1, 0.15) is 0 Å². The van der Waals surface area contributed by atoms with Crippen LogP contribution in [0.25, 0.3) is 33.3 Å². The van der Waals surface area contributed by atoms with Crippen LogP contribution in [0.4, 0.5) is 14.5 Å². The molecule has 0 aliphatic heterocycles. The van der Waals surface area contributed by atoms with Gasteiger partial charge in [0.15, 0.2) is 11.6 Å². The van der Waals surface area contributed by atoms with E-state index >= 15 is 0 Å². The number of nitrogen functional groups attached to an aromatic ring is 1. The molecule has 27 heavy (non-hydrogen) atoms. The Morgan fingerprint density at radius 1 is 1.07 bits per heavy atom. The van der Waals surface area contributed by atoms with Crippen LogP contribution in [0.3, 0.4) is 0 Å². The molecule has 2 aromatic carbocycles. The Balaban J connectivity index is 1.93. The standard InChI is InChI=1S/C20H14ClF2N3O/c1-27-19-13(6-12(22)7-17(19)23)15-9-26-20-14(15)4-11(8-25-20)10-2-3-16(21)18(24)5-10/h2-9H,24H2,1H3,(H,25,26). The Morgan fingerprint density at radius 3 is 2.63 bits per heavy atom. The fraction of sp³-hybridized carbons (Fsp3) is 0.0500. The minimum absolute atomic E-state index is 0.0292. The third kappa shape index (κ3) is 2.98. The minimum Gasteiger partial charge on any atom is -0.493 e. The molecule has 4 rings (SSSR count). The first kappa shape index (κ1) is 17.3. The molecular formula is C20H14ClF2N3O. The third-order valence-corrected chi connectivity index (χ3v) is 4.71. The topological polar surface area (TPSA) is 63.9 Å². The number of aromatic nitrogens is 2. The number of rotatable bonds is 3. The van der Waals surface area contributed by atoms with E-state index in [9.17, 15) is 8.78 Å². The second kappa shape index (κ2) is 6.55. The molecule has 7 heteroatoms. The molecular weight excluding hydrogens is 372 g/mol. The molecule has 0 bridgehead atoms. The highest BCUT2D eigenvalue weighted by Gasteiger charge is 2.17. The number of hydrogen-bond acceptors (Lipinski definition) is 3. The number of nitrogens with one attached hydrogen (secondary N) is 1. The van der Waals surface area contributed by atoms with Crippen molar-refractivity contribution in [2.45, 2.75) is 0 Å². The molecule has 0 aliphatic rings. The Kier molecular flexibility index (Phi) is 4.20. The SMILES string of the molecule is COc1c(F)cc(F)cc1-c1c[nH]c2ncc(-c3ccc(Cl)c(N)c3)cc12. The molecule has 0 saturated carbocycles. The summed E-state index contributed by atoms with van der Waals surface area (Å²) in [5, 5.41) is 1.17. The van der Waals surface area contributed by atoms with Gasteiger partial charge in [0.1, 0.15) is 11.5 Å². The summed E-state index contributed by atoms with van der Waals surface area (Å²) in [6, 6.07) is 9.18. The van der Waals surface area contributed by atoms with Gasteiger partial charge in [-0.15, -0.1) is 0 Å². The van der Waals surface area contributed by atoms with Crippen LogP contribution in [-0.2, 0) is 0 Å². The molecule has 2 heterocycles. The smallest absolute Gasteiger partial charge is 0.168 e. The number of methoxy groups -OCH3 is 1. The van der Waals surface area contributed by atoms with Gasteiger partial charge in [0, 0.05) is 40.5 Å². The number of H-pyrrole nitrogens is 1. The average Bonchev–Trinajstić information content (AvgIpc) is 3.06. The van der Waals surface area contributed by atoms with Crippen LogP contribution in [-0.4, -0.2) is 17.1 Å². The van der Waals surface area contributed by atoms with E-state index in [1.807, 2.05) is 12.1 Å². The fourth-order valence-corrected chi connectivity index (χ4v) is 3.19. The molecule has 0 atom stereocenters. The maximum absolute atomic E-state index is 14.1. The van der Waals surface area contributed by atoms with Crippen LogP contribution in [0.15, 0.2) is 48.8 Å². The second-order valence-corrected chi connectivity index (χ2v) is 6.43. The summed E-state index contributed by atoms with van der Waals surface area (Å²) in [6.45, 7) is 0. The van der Waals surface area contributed by atoms with Crippen molar-refractivity contribution in [1.82, 2.24) is 9.97 Å². The number of hydrogen-bond donors (Lipinski definition) is 2. The van der Waals surface area contributed by atoms with Gasteiger partial charge in [-0.25, -0.2) is 13.8 Å². The summed E-state index contributed by atoms with van der Waals surface area (Å²) in [6.07, 6.45) is 3.34. The molecule has 4 aromatic rings. The van der Waals surface area contributed by atoms with Gasteiger partial charge in [0.05, 0.1) is 17.8 Å². The number of anilines is 1. The monoisotopic (exact) mass is 385 g/mol. The van der Waals surface area contributed by atoms with Crippen LogP contribution in [0.2, 0.25) is 5.02 Å². The van der Waals surface area contributed by atoms with Crippen molar-refractivity contribution in [1.29, 1.82) is 0 Å². The van der Waals surface area contributed by atoms with Crippen LogP contribution in [0.5, 0.6) is 5.75 Å². The van der Waals surface area contributed by atoms with Crippen LogP contribution >= 0.6 is 11.6 Å². The van der Waals surface area contributed by atoms with Crippen molar-refractivity contribution in [2.24, 2.45) is 0 Å². The lowest BCUT2D eigenvalue weighted by molar-refractivity contribution is 0.386. The highest BCUT2D eigenvalue weighted by atomic mass is 35.5. The van der Waals surface area contributed by atoms with Gasteiger partial charge < -0.3 is 15.5 Å². The van der Waals surface area contributed by atoms with E-state index in [1.165, 1.54) is 13.2 Å². The summed E-state index contributed by atoms with van der Waals surface area (Å²) in [4.78, 5) is 7.42. The minimum atomic E-state index is -0.767. The average molecular weight is 386 g/mol. The zero-order valence-electron chi connectivity index (χ0n) is 14.2. The Morgan fingerprint density at radius 2 is 1.89 bits per heavy atom. The Bertz CT molecular complexity index is 1170. The van der Waals surface area contributed by atoms with E-state index in [1.54, 1.807) is 24.5 Å². The van der Waals surface area contributed by atoms with E-state index in [0.29, 0.717) is 32.9 Å². The number of aromatic amines is 1. The first-order valence-corrected chi connectivity index (χ1v) is 8.41. The van der Waals surface area contributed by atoms with Crippen molar-refractivity contribution >= 4 is 28.3 Å². The molecule has 0 aliphatic carbocycles. The van der Waals surface area contributed by atoms with E-state index < -0.39 is 11.6 Å². The molecule has 136 valence electrons. The number of fused-ring (bicyclic) bond motifs is 1. The zero-order valence-corrected chi connectivity index (χ0v) is 14.9. The number of halogens is 3. The number of pyridine rings is 1. The first-order valence-electron chi connectivity index (χ1n) is 8.04. The van der Waals surface area contributed by atoms with Crippen molar-refractivity contribution in [3.05, 3.63) is 65.4 Å².